The summed E-state index contributed by atoms with van der Waals surface area (Å²) in [4.78, 5) is 10.9. The maximum Gasteiger partial charge on any atom is 0.511 e. The molecule has 0 amide bonds. The van der Waals surface area contributed by atoms with Gasteiger partial charge < -0.3 is 14.6 Å². The van der Waals surface area contributed by atoms with Gasteiger partial charge in [0.05, 0.1) is 5.02 Å². The molecule has 1 atom stereocenters. The van der Waals surface area contributed by atoms with Gasteiger partial charge in [0.25, 0.3) is 0 Å². The SMILES string of the molecule is O=C(O)OC1=Cc2ccccc2OC1c1ccc(F)c(Cl)c1. The van der Waals surface area contributed by atoms with Crippen LogP contribution in [-0.4, -0.2) is 11.3 Å². The Bertz CT molecular complexity index is 772. The van der Waals surface area contributed by atoms with E-state index in [2.05, 4.69) is 0 Å². The molecule has 1 unspecified atom stereocenters. The highest BCUT2D eigenvalue weighted by Gasteiger charge is 2.28. The Morgan fingerprint density at radius 2 is 2.05 bits per heavy atom. The lowest BCUT2D eigenvalue weighted by Crippen LogP contribution is -2.18. The van der Waals surface area contributed by atoms with Gasteiger partial charge >= 0.3 is 6.16 Å². The van der Waals surface area contributed by atoms with E-state index < -0.39 is 18.1 Å². The van der Waals surface area contributed by atoms with Crippen LogP contribution in [0, 0.1) is 5.82 Å². The molecule has 2 aromatic rings. The van der Waals surface area contributed by atoms with E-state index in [4.69, 9.17) is 26.2 Å². The second-order valence-electron chi connectivity index (χ2n) is 4.62. The van der Waals surface area contributed by atoms with Crippen molar-refractivity contribution in [1.29, 1.82) is 0 Å². The fraction of sp³-hybridized carbons (Fsp3) is 0.0625. The van der Waals surface area contributed by atoms with Crippen LogP contribution in [0.25, 0.3) is 6.08 Å². The summed E-state index contributed by atoms with van der Waals surface area (Å²) in [6.45, 7) is 0. The van der Waals surface area contributed by atoms with Crippen molar-refractivity contribution < 1.29 is 23.8 Å². The lowest BCUT2D eigenvalue weighted by Gasteiger charge is -2.26. The van der Waals surface area contributed by atoms with Crippen molar-refractivity contribution in [3.63, 3.8) is 0 Å². The molecule has 112 valence electrons. The quantitative estimate of drug-likeness (QED) is 0.818. The molecule has 0 saturated heterocycles. The summed E-state index contributed by atoms with van der Waals surface area (Å²) in [6.07, 6.45) is -0.689. The standard InChI is InChI=1S/C16H10ClFO4/c17-11-7-10(5-6-12(11)18)15-14(22-16(19)20)8-9-3-1-2-4-13(9)21-15/h1-8,15H,(H,19,20). The predicted molar refractivity (Wildman–Crippen MR) is 78.3 cm³/mol. The first-order valence-corrected chi connectivity index (χ1v) is 6.75. The van der Waals surface area contributed by atoms with E-state index in [-0.39, 0.29) is 10.8 Å². The third-order valence-corrected chi connectivity index (χ3v) is 3.46. The zero-order chi connectivity index (χ0) is 15.7. The van der Waals surface area contributed by atoms with Crippen molar-refractivity contribution in [3.05, 3.63) is 70.2 Å². The maximum atomic E-state index is 13.3. The summed E-state index contributed by atoms with van der Waals surface area (Å²) in [5.74, 6) is 0.103. The Balaban J connectivity index is 2.05. The van der Waals surface area contributed by atoms with Crippen LogP contribution in [0.2, 0.25) is 5.02 Å². The summed E-state index contributed by atoms with van der Waals surface area (Å²) < 4.78 is 23.9. The van der Waals surface area contributed by atoms with Crippen molar-refractivity contribution in [1.82, 2.24) is 0 Å². The molecule has 0 saturated carbocycles. The van der Waals surface area contributed by atoms with E-state index in [1.165, 1.54) is 18.2 Å². The van der Waals surface area contributed by atoms with Gasteiger partial charge in [-0.05, 0) is 24.3 Å². The second kappa shape index (κ2) is 5.69. The lowest BCUT2D eigenvalue weighted by atomic mass is 10.0. The second-order valence-corrected chi connectivity index (χ2v) is 5.03. The minimum atomic E-state index is -1.45. The summed E-state index contributed by atoms with van der Waals surface area (Å²) in [7, 11) is 0. The number of ether oxygens (including phenoxy) is 2. The fourth-order valence-electron chi connectivity index (χ4n) is 2.21. The van der Waals surface area contributed by atoms with Gasteiger partial charge in [0.2, 0.25) is 0 Å². The van der Waals surface area contributed by atoms with Gasteiger partial charge in [0.15, 0.2) is 11.9 Å². The molecular formula is C16H10ClFO4. The number of halogens is 2. The molecule has 0 spiro atoms. The monoisotopic (exact) mass is 320 g/mol. The molecule has 0 fully saturated rings. The highest BCUT2D eigenvalue weighted by Crippen LogP contribution is 2.38. The first kappa shape index (κ1) is 14.4. The highest BCUT2D eigenvalue weighted by molar-refractivity contribution is 6.30. The Morgan fingerprint density at radius 1 is 1.27 bits per heavy atom. The zero-order valence-corrected chi connectivity index (χ0v) is 11.9. The Kier molecular flexibility index (Phi) is 3.73. The Labute approximate surface area is 130 Å². The van der Waals surface area contributed by atoms with E-state index in [9.17, 15) is 9.18 Å². The third kappa shape index (κ3) is 2.76. The van der Waals surface area contributed by atoms with Crippen molar-refractivity contribution >= 4 is 23.8 Å². The van der Waals surface area contributed by atoms with E-state index in [0.717, 1.165) is 0 Å². The summed E-state index contributed by atoms with van der Waals surface area (Å²) in [5.41, 5.74) is 1.19. The van der Waals surface area contributed by atoms with Gasteiger partial charge in [-0.3, -0.25) is 0 Å². The average molecular weight is 321 g/mol. The minimum Gasteiger partial charge on any atom is -0.477 e. The first-order chi connectivity index (χ1) is 10.5. The lowest BCUT2D eigenvalue weighted by molar-refractivity contribution is 0.0899. The highest BCUT2D eigenvalue weighted by atomic mass is 35.5. The summed E-state index contributed by atoms with van der Waals surface area (Å²) in [6, 6.07) is 11.2. The van der Waals surface area contributed by atoms with Crippen molar-refractivity contribution in [2.24, 2.45) is 0 Å². The van der Waals surface area contributed by atoms with Gasteiger partial charge in [0, 0.05) is 11.1 Å². The van der Waals surface area contributed by atoms with Gasteiger partial charge in [-0.1, -0.05) is 35.9 Å². The molecular weight excluding hydrogens is 311 g/mol. The molecule has 0 aromatic heterocycles. The topological polar surface area (TPSA) is 55.8 Å². The summed E-state index contributed by atoms with van der Waals surface area (Å²) in [5, 5.41) is 8.80. The van der Waals surface area contributed by atoms with E-state index in [0.29, 0.717) is 16.9 Å². The number of benzene rings is 2. The molecule has 1 aliphatic rings. The normalized spacial score (nSPS) is 16.3. The fourth-order valence-corrected chi connectivity index (χ4v) is 2.40. The number of carboxylic acid groups (broad SMARTS) is 1. The Hall–Kier alpha value is -2.53. The van der Waals surface area contributed by atoms with Crippen molar-refractivity contribution in [2.45, 2.75) is 6.10 Å². The van der Waals surface area contributed by atoms with Crippen LogP contribution in [0.5, 0.6) is 5.75 Å². The first-order valence-electron chi connectivity index (χ1n) is 6.37. The number of hydrogen-bond acceptors (Lipinski definition) is 3. The van der Waals surface area contributed by atoms with E-state index >= 15 is 0 Å². The van der Waals surface area contributed by atoms with E-state index in [1.807, 2.05) is 0 Å². The zero-order valence-electron chi connectivity index (χ0n) is 11.1. The van der Waals surface area contributed by atoms with E-state index in [1.54, 1.807) is 30.3 Å². The summed E-state index contributed by atoms with van der Waals surface area (Å²) >= 11 is 5.78. The molecule has 6 heteroatoms. The van der Waals surface area contributed by atoms with Gasteiger partial charge in [0.1, 0.15) is 11.6 Å². The maximum absolute atomic E-state index is 13.3. The number of rotatable bonds is 2. The van der Waals surface area contributed by atoms with Crippen LogP contribution in [-0.2, 0) is 4.74 Å². The number of carbonyl (C=O) groups is 1. The molecule has 3 rings (SSSR count). The molecule has 0 bridgehead atoms. The molecule has 1 aliphatic heterocycles. The molecule has 0 radical (unpaired) electrons. The average Bonchev–Trinajstić information content (AvgIpc) is 2.49. The third-order valence-electron chi connectivity index (χ3n) is 3.17. The molecule has 1 heterocycles. The number of hydrogen-bond donors (Lipinski definition) is 1. The molecule has 22 heavy (non-hydrogen) atoms. The molecule has 2 aromatic carbocycles. The van der Waals surface area contributed by atoms with Crippen LogP contribution in [0.4, 0.5) is 9.18 Å². The molecule has 4 nitrogen and oxygen atoms in total. The molecule has 0 aliphatic carbocycles. The van der Waals surface area contributed by atoms with Crippen LogP contribution < -0.4 is 4.74 Å². The van der Waals surface area contributed by atoms with Crippen LogP contribution in [0.15, 0.2) is 48.2 Å². The van der Waals surface area contributed by atoms with Gasteiger partial charge in [-0.2, -0.15) is 0 Å². The van der Waals surface area contributed by atoms with Crippen LogP contribution in [0.1, 0.15) is 17.2 Å². The minimum absolute atomic E-state index is 0.0744. The van der Waals surface area contributed by atoms with Crippen LogP contribution in [0.3, 0.4) is 0 Å². The van der Waals surface area contributed by atoms with Crippen LogP contribution >= 0.6 is 11.6 Å². The van der Waals surface area contributed by atoms with Gasteiger partial charge in [-0.25, -0.2) is 9.18 Å². The van der Waals surface area contributed by atoms with Gasteiger partial charge in [-0.15, -0.1) is 0 Å². The predicted octanol–water partition coefficient (Wildman–Crippen LogP) is 4.65. The van der Waals surface area contributed by atoms with Crippen molar-refractivity contribution in [3.8, 4) is 5.75 Å². The smallest absolute Gasteiger partial charge is 0.477 e. The van der Waals surface area contributed by atoms with Crippen molar-refractivity contribution in [2.75, 3.05) is 0 Å². The Morgan fingerprint density at radius 3 is 2.77 bits per heavy atom. The number of fused-ring (bicyclic) bond motifs is 1. The molecule has 1 N–H and O–H groups in total. The largest absolute Gasteiger partial charge is 0.511 e. The number of para-hydroxylation sites is 1.